The molecule has 0 spiro atoms. The van der Waals surface area contributed by atoms with Gasteiger partial charge in [-0.2, -0.15) is 0 Å². The smallest absolute Gasteiger partial charge is 0.168 e. The van der Waals surface area contributed by atoms with Crippen LogP contribution in [-0.2, 0) is 0 Å². The largest absolute Gasteiger partial charge is 0.493 e. The van der Waals surface area contributed by atoms with Crippen LogP contribution in [-0.4, -0.2) is 32.5 Å². The average molecular weight is 371 g/mol. The maximum absolute atomic E-state index is 8.50. The number of benzene rings is 2. The summed E-state index contributed by atoms with van der Waals surface area (Å²) < 4.78 is 15.1. The van der Waals surface area contributed by atoms with Crippen LogP contribution in [0.15, 0.2) is 24.3 Å². The van der Waals surface area contributed by atoms with Crippen LogP contribution in [0.5, 0.6) is 17.2 Å². The number of hydrogen-bond donors (Lipinski definition) is 5. The lowest BCUT2D eigenvalue weighted by Crippen LogP contribution is -2.05. The molecule has 8 nitrogen and oxygen atoms in total. The lowest BCUT2D eigenvalue weighted by atomic mass is 10.2. The van der Waals surface area contributed by atoms with Crippen LogP contribution >= 0.6 is 11.6 Å². The number of ether oxygens (including phenoxy) is 3. The first kappa shape index (κ1) is 20.3. The Bertz CT molecular complexity index is 665. The van der Waals surface area contributed by atoms with Gasteiger partial charge in [-0.25, -0.2) is 0 Å². The Hall–Kier alpha value is -2.71. The Labute approximate surface area is 151 Å². The van der Waals surface area contributed by atoms with Crippen molar-refractivity contribution in [1.82, 2.24) is 0 Å². The van der Waals surface area contributed by atoms with Gasteiger partial charge in [-0.05, 0) is 18.2 Å². The standard InChI is InChI=1S/C8H11ClN2O2.C8H12N2O2/c1-12-7-4(9)3-5(10)8(13-2)6(7)11;9-6-2-1-3-7(10)8(6)12-5-4-11/h3H,10-11H2,1-2H3;1-3,11H,4-5,9-10H2. The van der Waals surface area contributed by atoms with E-state index in [1.165, 1.54) is 20.3 Å². The summed E-state index contributed by atoms with van der Waals surface area (Å²) in [4.78, 5) is 0. The highest BCUT2D eigenvalue weighted by molar-refractivity contribution is 6.33. The zero-order valence-corrected chi connectivity index (χ0v) is 14.8. The molecule has 0 heterocycles. The number of para-hydroxylation sites is 1. The van der Waals surface area contributed by atoms with Gasteiger partial charge in [-0.1, -0.05) is 17.7 Å². The van der Waals surface area contributed by atoms with Crippen molar-refractivity contribution in [3.05, 3.63) is 29.3 Å². The minimum atomic E-state index is -0.0478. The van der Waals surface area contributed by atoms with Crippen molar-refractivity contribution in [3.63, 3.8) is 0 Å². The Morgan fingerprint density at radius 3 is 1.96 bits per heavy atom. The predicted molar refractivity (Wildman–Crippen MR) is 101 cm³/mol. The van der Waals surface area contributed by atoms with Gasteiger partial charge < -0.3 is 42.3 Å². The summed E-state index contributed by atoms with van der Waals surface area (Å²) >= 11 is 5.82. The molecule has 0 amide bonds. The fourth-order valence-electron chi connectivity index (χ4n) is 1.98. The number of rotatable bonds is 5. The summed E-state index contributed by atoms with van der Waals surface area (Å²) in [6, 6.07) is 6.68. The Morgan fingerprint density at radius 2 is 1.48 bits per heavy atom. The molecule has 0 saturated heterocycles. The summed E-state index contributed by atoms with van der Waals surface area (Å²) in [5.41, 5.74) is 24.1. The molecule has 0 fully saturated rings. The van der Waals surface area contributed by atoms with Crippen molar-refractivity contribution in [2.45, 2.75) is 0 Å². The van der Waals surface area contributed by atoms with Gasteiger partial charge in [-0.15, -0.1) is 0 Å². The number of halogens is 1. The third-order valence-corrected chi connectivity index (χ3v) is 3.35. The maximum atomic E-state index is 8.50. The molecule has 0 unspecified atom stereocenters. The number of anilines is 4. The van der Waals surface area contributed by atoms with Gasteiger partial charge >= 0.3 is 0 Å². The van der Waals surface area contributed by atoms with E-state index in [2.05, 4.69) is 0 Å². The zero-order valence-electron chi connectivity index (χ0n) is 14.1. The molecule has 2 rings (SSSR count). The Morgan fingerprint density at radius 1 is 0.920 bits per heavy atom. The van der Waals surface area contributed by atoms with Crippen LogP contribution in [0.3, 0.4) is 0 Å². The van der Waals surface area contributed by atoms with Crippen LogP contribution in [0, 0.1) is 0 Å². The van der Waals surface area contributed by atoms with E-state index in [1.54, 1.807) is 18.2 Å². The van der Waals surface area contributed by atoms with Crippen molar-refractivity contribution in [1.29, 1.82) is 0 Å². The maximum Gasteiger partial charge on any atom is 0.168 e. The third-order valence-electron chi connectivity index (χ3n) is 3.07. The molecule has 138 valence electrons. The zero-order chi connectivity index (χ0) is 19.0. The highest BCUT2D eigenvalue weighted by Crippen LogP contribution is 2.42. The second-order valence-electron chi connectivity index (χ2n) is 4.77. The molecule has 9 N–H and O–H groups in total. The van der Waals surface area contributed by atoms with Crippen molar-refractivity contribution < 1.29 is 19.3 Å². The molecule has 2 aromatic carbocycles. The molecule has 0 aliphatic heterocycles. The lowest BCUT2D eigenvalue weighted by molar-refractivity contribution is 0.203. The second kappa shape index (κ2) is 9.55. The first-order chi connectivity index (χ1) is 11.9. The first-order valence-electron chi connectivity index (χ1n) is 7.20. The van der Waals surface area contributed by atoms with E-state index < -0.39 is 0 Å². The summed E-state index contributed by atoms with van der Waals surface area (Å²) in [6.07, 6.45) is 0. The van der Waals surface area contributed by atoms with Gasteiger partial charge in [0.2, 0.25) is 0 Å². The molecule has 25 heavy (non-hydrogen) atoms. The molecule has 0 atom stereocenters. The number of hydrogen-bond acceptors (Lipinski definition) is 8. The molecule has 2 aromatic rings. The molecular weight excluding hydrogens is 348 g/mol. The van der Waals surface area contributed by atoms with Gasteiger partial charge in [0.25, 0.3) is 0 Å². The van der Waals surface area contributed by atoms with Crippen LogP contribution in [0.2, 0.25) is 5.02 Å². The average Bonchev–Trinajstić information content (AvgIpc) is 2.55. The van der Waals surface area contributed by atoms with Crippen molar-refractivity contribution in [3.8, 4) is 17.2 Å². The summed E-state index contributed by atoms with van der Waals surface area (Å²) in [7, 11) is 2.96. The minimum Gasteiger partial charge on any atom is -0.493 e. The Kier molecular flexibility index (Phi) is 7.77. The van der Waals surface area contributed by atoms with Gasteiger partial charge in [-0.3, -0.25) is 0 Å². The Balaban J connectivity index is 0.000000251. The first-order valence-corrected chi connectivity index (χ1v) is 7.58. The molecular formula is C16H23ClN4O4. The topological polar surface area (TPSA) is 152 Å². The summed E-state index contributed by atoms with van der Waals surface area (Å²) in [5.74, 6) is 1.22. The van der Waals surface area contributed by atoms with Gasteiger partial charge in [0.15, 0.2) is 17.2 Å². The van der Waals surface area contributed by atoms with E-state index in [1.807, 2.05) is 0 Å². The molecule has 0 saturated carbocycles. The van der Waals surface area contributed by atoms with E-state index in [0.29, 0.717) is 45.0 Å². The molecule has 0 aliphatic carbocycles. The van der Waals surface area contributed by atoms with Gasteiger partial charge in [0.1, 0.15) is 12.3 Å². The van der Waals surface area contributed by atoms with E-state index in [-0.39, 0.29) is 13.2 Å². The van der Waals surface area contributed by atoms with Crippen LogP contribution in [0.4, 0.5) is 22.7 Å². The SMILES string of the molecule is COc1c(N)cc(Cl)c(OC)c1N.Nc1cccc(N)c1OCCO. The predicted octanol–water partition coefficient (Wildman–Crippen LogP) is 1.74. The van der Waals surface area contributed by atoms with Crippen LogP contribution in [0.1, 0.15) is 0 Å². The number of methoxy groups -OCH3 is 2. The molecule has 0 aliphatic rings. The van der Waals surface area contributed by atoms with E-state index in [4.69, 9.17) is 53.9 Å². The quantitative estimate of drug-likeness (QED) is 0.499. The fraction of sp³-hybridized carbons (Fsp3) is 0.250. The highest BCUT2D eigenvalue weighted by atomic mass is 35.5. The van der Waals surface area contributed by atoms with Crippen molar-refractivity contribution >= 4 is 34.4 Å². The highest BCUT2D eigenvalue weighted by Gasteiger charge is 2.14. The van der Waals surface area contributed by atoms with Gasteiger partial charge in [0.05, 0.1) is 42.9 Å². The van der Waals surface area contributed by atoms with Crippen LogP contribution < -0.4 is 37.1 Å². The second-order valence-corrected chi connectivity index (χ2v) is 5.17. The molecule has 0 radical (unpaired) electrons. The van der Waals surface area contributed by atoms with Crippen molar-refractivity contribution in [2.75, 3.05) is 50.4 Å². The minimum absolute atomic E-state index is 0.0478. The monoisotopic (exact) mass is 370 g/mol. The molecule has 9 heteroatoms. The lowest BCUT2D eigenvalue weighted by Gasteiger charge is -2.12. The van der Waals surface area contributed by atoms with E-state index in [9.17, 15) is 0 Å². The number of nitrogens with two attached hydrogens (primary N) is 4. The van der Waals surface area contributed by atoms with Crippen molar-refractivity contribution in [2.24, 2.45) is 0 Å². The number of aliphatic hydroxyl groups is 1. The van der Waals surface area contributed by atoms with Gasteiger partial charge in [0, 0.05) is 0 Å². The third kappa shape index (κ3) is 5.13. The van der Waals surface area contributed by atoms with E-state index in [0.717, 1.165) is 0 Å². The number of aliphatic hydroxyl groups excluding tert-OH is 1. The summed E-state index contributed by atoms with van der Waals surface area (Å²) in [5, 5.41) is 8.88. The molecule has 0 bridgehead atoms. The molecule has 0 aromatic heterocycles. The summed E-state index contributed by atoms with van der Waals surface area (Å²) in [6.45, 7) is 0.159. The fourth-order valence-corrected chi connectivity index (χ4v) is 2.27. The number of nitrogen functional groups attached to an aromatic ring is 4. The normalized spacial score (nSPS) is 9.76. The van der Waals surface area contributed by atoms with Crippen LogP contribution in [0.25, 0.3) is 0 Å². The van der Waals surface area contributed by atoms with E-state index >= 15 is 0 Å².